The Morgan fingerprint density at radius 2 is 1.80 bits per heavy atom. The number of rotatable bonds is 2. The summed E-state index contributed by atoms with van der Waals surface area (Å²) in [6.45, 7) is 0. The number of nitrogens with one attached hydrogen (secondary N) is 1. The van der Waals surface area contributed by atoms with Crippen LogP contribution in [0.25, 0.3) is 11.1 Å². The third-order valence-corrected chi connectivity index (χ3v) is 2.11. The van der Waals surface area contributed by atoms with E-state index in [1.807, 2.05) is 0 Å². The van der Waals surface area contributed by atoms with Crippen molar-refractivity contribution in [2.75, 3.05) is 0 Å². The van der Waals surface area contributed by atoms with E-state index >= 15 is 0 Å². The first-order chi connectivity index (χ1) is 7.16. The van der Waals surface area contributed by atoms with Gasteiger partial charge in [-0.2, -0.15) is 0 Å². The molecule has 0 aliphatic heterocycles. The summed E-state index contributed by atoms with van der Waals surface area (Å²) in [5, 5.41) is 17.8. The van der Waals surface area contributed by atoms with Crippen LogP contribution < -0.4 is 0 Å². The second-order valence-electron chi connectivity index (χ2n) is 3.15. The predicted molar refractivity (Wildman–Crippen MR) is 54.9 cm³/mol. The SMILES string of the molecule is O=C(O)c1cc(-c2ccc(O)cc2)c[nH]1. The standard InChI is InChI=1S/C11H9NO3/c13-9-3-1-7(2-4-9)8-5-10(11(14)15)12-6-8/h1-6,12-13H,(H,14,15). The fourth-order valence-corrected chi connectivity index (χ4v) is 1.34. The summed E-state index contributed by atoms with van der Waals surface area (Å²) in [4.78, 5) is 13.3. The number of aromatic carboxylic acids is 1. The lowest BCUT2D eigenvalue weighted by molar-refractivity contribution is 0.0691. The summed E-state index contributed by atoms with van der Waals surface area (Å²) >= 11 is 0. The van der Waals surface area contributed by atoms with Crippen LogP contribution in [0.2, 0.25) is 0 Å². The van der Waals surface area contributed by atoms with Gasteiger partial charge in [-0.25, -0.2) is 4.79 Å². The van der Waals surface area contributed by atoms with Gasteiger partial charge in [-0.05, 0) is 29.3 Å². The maximum atomic E-state index is 10.6. The van der Waals surface area contributed by atoms with Crippen molar-refractivity contribution in [3.8, 4) is 16.9 Å². The second-order valence-corrected chi connectivity index (χ2v) is 3.15. The average Bonchev–Trinajstić information content (AvgIpc) is 2.68. The minimum absolute atomic E-state index is 0.151. The predicted octanol–water partition coefficient (Wildman–Crippen LogP) is 2.09. The van der Waals surface area contributed by atoms with E-state index in [4.69, 9.17) is 10.2 Å². The van der Waals surface area contributed by atoms with Crippen molar-refractivity contribution < 1.29 is 15.0 Å². The smallest absolute Gasteiger partial charge is 0.352 e. The Morgan fingerprint density at radius 3 is 2.33 bits per heavy atom. The number of phenolic OH excluding ortho intramolecular Hbond substituents is 1. The molecule has 0 atom stereocenters. The van der Waals surface area contributed by atoms with Gasteiger partial charge >= 0.3 is 5.97 Å². The fourth-order valence-electron chi connectivity index (χ4n) is 1.34. The molecule has 0 spiro atoms. The van der Waals surface area contributed by atoms with Crippen molar-refractivity contribution in [2.24, 2.45) is 0 Å². The Bertz CT molecular complexity index is 485. The van der Waals surface area contributed by atoms with E-state index in [1.54, 1.807) is 36.5 Å². The van der Waals surface area contributed by atoms with Gasteiger partial charge in [0.05, 0.1) is 0 Å². The maximum Gasteiger partial charge on any atom is 0.352 e. The molecule has 1 heterocycles. The number of hydrogen-bond donors (Lipinski definition) is 3. The highest BCUT2D eigenvalue weighted by molar-refractivity contribution is 5.87. The minimum atomic E-state index is -0.986. The summed E-state index contributed by atoms with van der Waals surface area (Å²) in [5.74, 6) is -0.798. The van der Waals surface area contributed by atoms with Crippen LogP contribution in [0.4, 0.5) is 0 Å². The van der Waals surface area contributed by atoms with E-state index in [9.17, 15) is 4.79 Å². The molecule has 4 nitrogen and oxygen atoms in total. The molecule has 76 valence electrons. The number of hydrogen-bond acceptors (Lipinski definition) is 2. The number of aromatic amines is 1. The summed E-state index contributed by atoms with van der Waals surface area (Å²) in [5.41, 5.74) is 1.79. The fraction of sp³-hybridized carbons (Fsp3) is 0. The molecule has 3 N–H and O–H groups in total. The summed E-state index contributed by atoms with van der Waals surface area (Å²) in [6.07, 6.45) is 1.62. The third kappa shape index (κ3) is 1.83. The molecule has 2 rings (SSSR count). The minimum Gasteiger partial charge on any atom is -0.508 e. The first-order valence-corrected chi connectivity index (χ1v) is 4.38. The normalized spacial score (nSPS) is 10.1. The van der Waals surface area contributed by atoms with E-state index in [0.29, 0.717) is 0 Å². The molecule has 0 aliphatic rings. The number of phenols is 1. The molecule has 0 bridgehead atoms. The van der Waals surface area contributed by atoms with Crippen LogP contribution in [0.5, 0.6) is 5.75 Å². The van der Waals surface area contributed by atoms with Gasteiger partial charge in [0.1, 0.15) is 11.4 Å². The quantitative estimate of drug-likeness (QED) is 0.699. The van der Waals surface area contributed by atoms with Crippen LogP contribution >= 0.6 is 0 Å². The van der Waals surface area contributed by atoms with E-state index in [1.165, 1.54) is 0 Å². The Hall–Kier alpha value is -2.23. The van der Waals surface area contributed by atoms with Crippen LogP contribution in [0.1, 0.15) is 10.5 Å². The molecule has 0 fully saturated rings. The Morgan fingerprint density at radius 1 is 1.13 bits per heavy atom. The molecule has 0 amide bonds. The van der Waals surface area contributed by atoms with Crippen LogP contribution in [0, 0.1) is 0 Å². The molecular weight excluding hydrogens is 194 g/mol. The average molecular weight is 203 g/mol. The lowest BCUT2D eigenvalue weighted by atomic mass is 10.1. The van der Waals surface area contributed by atoms with Gasteiger partial charge in [-0.1, -0.05) is 12.1 Å². The molecule has 0 saturated heterocycles. The number of H-pyrrole nitrogens is 1. The van der Waals surface area contributed by atoms with Crippen molar-refractivity contribution in [1.29, 1.82) is 0 Å². The topological polar surface area (TPSA) is 73.3 Å². The number of aromatic nitrogens is 1. The van der Waals surface area contributed by atoms with E-state index < -0.39 is 5.97 Å². The monoisotopic (exact) mass is 203 g/mol. The molecule has 0 radical (unpaired) electrons. The van der Waals surface area contributed by atoms with Gasteiger partial charge in [0.15, 0.2) is 0 Å². The Labute approximate surface area is 85.8 Å². The molecule has 1 aromatic carbocycles. The van der Waals surface area contributed by atoms with Gasteiger partial charge in [0.25, 0.3) is 0 Å². The molecule has 0 aliphatic carbocycles. The Balaban J connectivity index is 2.37. The van der Waals surface area contributed by atoms with Gasteiger partial charge in [-0.3, -0.25) is 0 Å². The van der Waals surface area contributed by atoms with Gasteiger partial charge in [0.2, 0.25) is 0 Å². The van der Waals surface area contributed by atoms with Crippen molar-refractivity contribution in [2.45, 2.75) is 0 Å². The summed E-state index contributed by atoms with van der Waals surface area (Å²) < 4.78 is 0. The molecule has 0 unspecified atom stereocenters. The second kappa shape index (κ2) is 3.49. The summed E-state index contributed by atoms with van der Waals surface area (Å²) in [7, 11) is 0. The van der Waals surface area contributed by atoms with Gasteiger partial charge in [0, 0.05) is 6.20 Å². The van der Waals surface area contributed by atoms with Crippen molar-refractivity contribution in [1.82, 2.24) is 4.98 Å². The van der Waals surface area contributed by atoms with E-state index in [2.05, 4.69) is 4.98 Å². The molecule has 4 heteroatoms. The first kappa shape index (κ1) is 9.33. The lowest BCUT2D eigenvalue weighted by Crippen LogP contribution is -1.94. The highest BCUT2D eigenvalue weighted by atomic mass is 16.4. The largest absolute Gasteiger partial charge is 0.508 e. The number of carboxylic acids is 1. The number of aromatic hydroxyl groups is 1. The Kier molecular flexibility index (Phi) is 2.17. The highest BCUT2D eigenvalue weighted by Gasteiger charge is 2.06. The zero-order valence-electron chi connectivity index (χ0n) is 7.77. The molecule has 1 aromatic heterocycles. The van der Waals surface area contributed by atoms with Gasteiger partial charge < -0.3 is 15.2 Å². The zero-order valence-corrected chi connectivity index (χ0v) is 7.77. The number of benzene rings is 1. The van der Waals surface area contributed by atoms with Gasteiger partial charge in [-0.15, -0.1) is 0 Å². The summed E-state index contributed by atoms with van der Waals surface area (Å²) in [6, 6.07) is 8.12. The van der Waals surface area contributed by atoms with E-state index in [-0.39, 0.29) is 11.4 Å². The molecular formula is C11H9NO3. The highest BCUT2D eigenvalue weighted by Crippen LogP contribution is 2.22. The molecule has 15 heavy (non-hydrogen) atoms. The maximum absolute atomic E-state index is 10.6. The third-order valence-electron chi connectivity index (χ3n) is 2.11. The van der Waals surface area contributed by atoms with Crippen LogP contribution in [-0.2, 0) is 0 Å². The van der Waals surface area contributed by atoms with Crippen molar-refractivity contribution in [3.63, 3.8) is 0 Å². The van der Waals surface area contributed by atoms with Crippen LogP contribution in [0.3, 0.4) is 0 Å². The number of carboxylic acid groups (broad SMARTS) is 1. The van der Waals surface area contributed by atoms with Crippen LogP contribution in [0.15, 0.2) is 36.5 Å². The van der Waals surface area contributed by atoms with Crippen LogP contribution in [-0.4, -0.2) is 21.2 Å². The zero-order chi connectivity index (χ0) is 10.8. The lowest BCUT2D eigenvalue weighted by Gasteiger charge is -1.96. The molecule has 2 aromatic rings. The number of carbonyl (C=O) groups is 1. The van der Waals surface area contributed by atoms with E-state index in [0.717, 1.165) is 11.1 Å². The van der Waals surface area contributed by atoms with Crippen molar-refractivity contribution in [3.05, 3.63) is 42.2 Å². The van der Waals surface area contributed by atoms with Crippen molar-refractivity contribution >= 4 is 5.97 Å². The molecule has 0 saturated carbocycles. The first-order valence-electron chi connectivity index (χ1n) is 4.38.